The Morgan fingerprint density at radius 3 is 2.29 bits per heavy atom. The Hall–Kier alpha value is -3.60. The van der Waals surface area contributed by atoms with Crippen molar-refractivity contribution in [3.05, 3.63) is 58.5 Å². The lowest BCUT2D eigenvalue weighted by Gasteiger charge is -2.57. The number of anilines is 1. The molecule has 0 saturated heterocycles. The van der Waals surface area contributed by atoms with Crippen LogP contribution in [0.15, 0.2) is 52.2 Å². The molecule has 4 aliphatic rings. The van der Waals surface area contributed by atoms with E-state index >= 15 is 0 Å². The average molecular weight is 539 g/mol. The van der Waals surface area contributed by atoms with Gasteiger partial charge in [0, 0.05) is 5.54 Å². The molecular formula is C27H30N4O6S. The zero-order valence-corrected chi connectivity index (χ0v) is 21.8. The van der Waals surface area contributed by atoms with Crippen LogP contribution in [0.2, 0.25) is 0 Å². The summed E-state index contributed by atoms with van der Waals surface area (Å²) in [6.45, 7) is 1.54. The van der Waals surface area contributed by atoms with Gasteiger partial charge < -0.3 is 20.0 Å². The van der Waals surface area contributed by atoms with E-state index in [4.69, 9.17) is 4.74 Å². The molecule has 10 nitrogen and oxygen atoms in total. The van der Waals surface area contributed by atoms with Gasteiger partial charge in [0.15, 0.2) is 6.10 Å². The number of aromatic amines is 2. The molecule has 3 aromatic rings. The molecule has 0 aliphatic heterocycles. The number of esters is 1. The lowest BCUT2D eigenvalue weighted by Crippen LogP contribution is -2.61. The maximum Gasteiger partial charge on any atom is 0.341 e. The van der Waals surface area contributed by atoms with E-state index in [1.165, 1.54) is 56.5 Å². The Morgan fingerprint density at radius 1 is 0.974 bits per heavy atom. The molecule has 0 spiro atoms. The van der Waals surface area contributed by atoms with E-state index in [2.05, 4.69) is 20.0 Å². The van der Waals surface area contributed by atoms with E-state index < -0.39 is 27.8 Å². The van der Waals surface area contributed by atoms with Crippen LogP contribution in [0.4, 0.5) is 5.69 Å². The molecule has 4 aliphatic carbocycles. The van der Waals surface area contributed by atoms with E-state index in [0.29, 0.717) is 28.8 Å². The number of fused-ring (bicyclic) bond motifs is 1. The fraction of sp³-hybridized carbons (Fsp3) is 0.444. The molecule has 1 heterocycles. The first-order valence-electron chi connectivity index (χ1n) is 13.0. The second kappa shape index (κ2) is 9.00. The van der Waals surface area contributed by atoms with Crippen LogP contribution >= 0.6 is 0 Å². The molecular weight excluding hydrogens is 508 g/mol. The zero-order valence-electron chi connectivity index (χ0n) is 21.0. The van der Waals surface area contributed by atoms with E-state index in [0.717, 1.165) is 19.3 Å². The molecule has 4 N–H and O–H groups in total. The Labute approximate surface area is 219 Å². The first-order chi connectivity index (χ1) is 18.1. The van der Waals surface area contributed by atoms with E-state index in [9.17, 15) is 22.8 Å². The van der Waals surface area contributed by atoms with Crippen molar-refractivity contribution in [2.75, 3.05) is 4.72 Å². The number of ether oxygens (including phenoxy) is 1. The molecule has 1 aromatic heterocycles. The minimum Gasteiger partial charge on any atom is -0.449 e. The number of amides is 1. The normalized spacial score (nSPS) is 26.7. The van der Waals surface area contributed by atoms with Gasteiger partial charge in [-0.3, -0.25) is 9.52 Å². The quantitative estimate of drug-likeness (QED) is 0.339. The number of rotatable bonds is 7. The summed E-state index contributed by atoms with van der Waals surface area (Å²) in [6, 6.07) is 10.2. The van der Waals surface area contributed by atoms with E-state index in [1.54, 1.807) is 12.1 Å². The van der Waals surface area contributed by atoms with Gasteiger partial charge in [0.05, 0.1) is 27.2 Å². The minimum atomic E-state index is -4.10. The van der Waals surface area contributed by atoms with Crippen LogP contribution in [-0.4, -0.2) is 41.9 Å². The molecule has 4 saturated carbocycles. The third-order valence-electron chi connectivity index (χ3n) is 8.27. The fourth-order valence-corrected chi connectivity index (χ4v) is 8.14. The smallest absolute Gasteiger partial charge is 0.341 e. The maximum absolute atomic E-state index is 13.1. The number of nitrogens with one attached hydrogen (secondary N) is 4. The van der Waals surface area contributed by atoms with Crippen molar-refractivity contribution < 1.29 is 22.7 Å². The van der Waals surface area contributed by atoms with Crippen LogP contribution in [0.3, 0.4) is 0 Å². The average Bonchev–Trinajstić information content (AvgIpc) is 3.22. The number of imidazole rings is 1. The first kappa shape index (κ1) is 24.7. The molecule has 1 atom stereocenters. The van der Waals surface area contributed by atoms with Gasteiger partial charge >= 0.3 is 11.7 Å². The molecule has 11 heteroatoms. The van der Waals surface area contributed by atoms with Crippen LogP contribution in [0.25, 0.3) is 11.0 Å². The summed E-state index contributed by atoms with van der Waals surface area (Å²) in [5, 5.41) is 3.22. The predicted molar refractivity (Wildman–Crippen MR) is 140 cm³/mol. The van der Waals surface area contributed by atoms with Gasteiger partial charge in [-0.25, -0.2) is 18.0 Å². The second-order valence-electron chi connectivity index (χ2n) is 11.2. The van der Waals surface area contributed by atoms with Crippen LogP contribution in [0, 0.1) is 17.8 Å². The van der Waals surface area contributed by atoms with Crippen molar-refractivity contribution in [2.24, 2.45) is 17.8 Å². The highest BCUT2D eigenvalue weighted by Gasteiger charge is 2.51. The number of carbonyl (C=O) groups is 2. The Balaban J connectivity index is 1.15. The van der Waals surface area contributed by atoms with Crippen LogP contribution in [-0.2, 0) is 19.6 Å². The Kier molecular flexibility index (Phi) is 5.86. The van der Waals surface area contributed by atoms with Gasteiger partial charge in [0.2, 0.25) is 0 Å². The summed E-state index contributed by atoms with van der Waals surface area (Å²) in [4.78, 5) is 42.7. The number of hydrogen-bond acceptors (Lipinski definition) is 6. The standard InChI is InChI=1S/C27H30N4O6S/c1-15(24(32)30-27-12-16-8-17(13-27)10-18(9-16)14-27)37-25(33)20-4-2-3-5-21(20)31-38(35,36)19-6-7-22-23(11-19)29-26(34)28-22/h2-7,11,15-18,31H,8-10,12-14H2,1H3,(H,30,32)(H2,28,29,34)/t15-,16?,17?,18?,27?/m1/s1. The molecule has 4 fully saturated rings. The molecule has 2 aromatic carbocycles. The summed E-state index contributed by atoms with van der Waals surface area (Å²) in [5.74, 6) is 0.863. The number of carbonyl (C=O) groups excluding carboxylic acids is 2. The molecule has 4 bridgehead atoms. The number of hydrogen-bond donors (Lipinski definition) is 4. The van der Waals surface area contributed by atoms with Crippen LogP contribution in [0.1, 0.15) is 55.8 Å². The number of sulfonamides is 1. The first-order valence-corrected chi connectivity index (χ1v) is 14.4. The molecule has 7 rings (SSSR count). The van der Waals surface area contributed by atoms with Crippen molar-refractivity contribution in [3.8, 4) is 0 Å². The monoisotopic (exact) mass is 538 g/mol. The number of H-pyrrole nitrogens is 2. The topological polar surface area (TPSA) is 150 Å². The molecule has 38 heavy (non-hydrogen) atoms. The van der Waals surface area contributed by atoms with Crippen LogP contribution < -0.4 is 15.7 Å². The van der Waals surface area contributed by atoms with Gasteiger partial charge in [0.25, 0.3) is 15.9 Å². The van der Waals surface area contributed by atoms with E-state index in [-0.39, 0.29) is 27.6 Å². The summed E-state index contributed by atoms with van der Waals surface area (Å²) in [6.07, 6.45) is 5.68. The lowest BCUT2D eigenvalue weighted by molar-refractivity contribution is -0.134. The number of para-hydroxylation sites is 1. The SMILES string of the molecule is C[C@@H](OC(=O)c1ccccc1NS(=O)(=O)c1ccc2[nH]c(=O)[nH]c2c1)C(=O)NC12CC3CC(CC(C3)C1)C2. The molecule has 0 unspecified atom stereocenters. The third-order valence-corrected chi connectivity index (χ3v) is 9.63. The summed E-state index contributed by atoms with van der Waals surface area (Å²) < 4.78 is 34.1. The van der Waals surface area contributed by atoms with Crippen molar-refractivity contribution in [3.63, 3.8) is 0 Å². The van der Waals surface area contributed by atoms with Gasteiger partial charge in [-0.15, -0.1) is 0 Å². The highest BCUT2D eigenvalue weighted by Crippen LogP contribution is 2.55. The Morgan fingerprint density at radius 2 is 1.61 bits per heavy atom. The lowest BCUT2D eigenvalue weighted by atomic mass is 9.53. The zero-order chi connectivity index (χ0) is 26.7. The molecule has 0 radical (unpaired) electrons. The van der Waals surface area contributed by atoms with Crippen molar-refractivity contribution >= 4 is 38.6 Å². The van der Waals surface area contributed by atoms with Gasteiger partial charge in [-0.1, -0.05) is 12.1 Å². The summed E-state index contributed by atoms with van der Waals surface area (Å²) in [5.41, 5.74) is 0.167. The molecule has 200 valence electrons. The maximum atomic E-state index is 13.1. The van der Waals surface area contributed by atoms with Crippen LogP contribution in [0.5, 0.6) is 0 Å². The Bertz CT molecular complexity index is 1550. The molecule has 1 amide bonds. The highest BCUT2D eigenvalue weighted by atomic mass is 32.2. The largest absolute Gasteiger partial charge is 0.449 e. The second-order valence-corrected chi connectivity index (χ2v) is 12.9. The fourth-order valence-electron chi connectivity index (χ4n) is 7.04. The summed E-state index contributed by atoms with van der Waals surface area (Å²) in [7, 11) is -4.10. The minimum absolute atomic E-state index is 0.0124. The van der Waals surface area contributed by atoms with Crippen molar-refractivity contribution in [1.82, 2.24) is 15.3 Å². The van der Waals surface area contributed by atoms with E-state index in [1.807, 2.05) is 0 Å². The van der Waals surface area contributed by atoms with Crippen molar-refractivity contribution in [1.29, 1.82) is 0 Å². The highest BCUT2D eigenvalue weighted by molar-refractivity contribution is 7.92. The third kappa shape index (κ3) is 4.59. The van der Waals surface area contributed by atoms with Gasteiger partial charge in [-0.2, -0.15) is 0 Å². The van der Waals surface area contributed by atoms with Gasteiger partial charge in [0.1, 0.15) is 0 Å². The summed E-state index contributed by atoms with van der Waals surface area (Å²) >= 11 is 0. The van der Waals surface area contributed by atoms with Gasteiger partial charge in [-0.05, 0) is 93.5 Å². The number of aromatic nitrogens is 2. The predicted octanol–water partition coefficient (Wildman–Crippen LogP) is 3.29. The number of benzene rings is 2. The van der Waals surface area contributed by atoms with Crippen molar-refractivity contribution in [2.45, 2.75) is 62.0 Å².